The molecule has 0 aliphatic heterocycles. The second-order valence-corrected chi connectivity index (χ2v) is 6.54. The molecule has 0 saturated carbocycles. The number of aryl methyl sites for hydroxylation is 2. The van der Waals surface area contributed by atoms with E-state index < -0.39 is 0 Å². The molecule has 0 aliphatic carbocycles. The lowest BCUT2D eigenvalue weighted by atomic mass is 9.96. The maximum atomic E-state index is 3.80. The Morgan fingerprint density at radius 2 is 1.08 bits per heavy atom. The van der Waals surface area contributed by atoms with Crippen molar-refractivity contribution in [3.63, 3.8) is 0 Å². The van der Waals surface area contributed by atoms with Gasteiger partial charge in [0.2, 0.25) is 0 Å². The number of hydrogen-bond acceptors (Lipinski definition) is 0. The molecule has 0 heterocycles. The van der Waals surface area contributed by atoms with Gasteiger partial charge in [-0.3, -0.25) is 0 Å². The molecular formula is C24H26. The van der Waals surface area contributed by atoms with E-state index in [0.717, 1.165) is 25.7 Å². The highest BCUT2D eigenvalue weighted by atomic mass is 14.1. The molecule has 0 aromatic heterocycles. The number of unbranched alkanes of at least 4 members (excludes halogenated alkanes) is 2. The van der Waals surface area contributed by atoms with Crippen molar-refractivity contribution in [2.45, 2.75) is 38.5 Å². The van der Waals surface area contributed by atoms with Crippen LogP contribution in [-0.4, -0.2) is 0 Å². The first-order valence-electron chi connectivity index (χ1n) is 8.98. The first-order chi connectivity index (χ1) is 11.8. The Hall–Kier alpha value is -2.34. The van der Waals surface area contributed by atoms with Gasteiger partial charge < -0.3 is 0 Å². The molecule has 24 heavy (non-hydrogen) atoms. The summed E-state index contributed by atoms with van der Waals surface area (Å²) in [6.07, 6.45) is 10.8. The van der Waals surface area contributed by atoms with Crippen LogP contribution in [0.5, 0.6) is 0 Å². The van der Waals surface area contributed by atoms with Crippen LogP contribution in [-0.2, 0) is 12.8 Å². The highest BCUT2D eigenvalue weighted by molar-refractivity contribution is 6.07. The molecule has 0 unspecified atom stereocenters. The van der Waals surface area contributed by atoms with Gasteiger partial charge in [-0.05, 0) is 71.2 Å². The third-order valence-corrected chi connectivity index (χ3v) is 4.71. The average molecular weight is 314 g/mol. The summed E-state index contributed by atoms with van der Waals surface area (Å²) in [7, 11) is 0. The fourth-order valence-corrected chi connectivity index (χ4v) is 3.38. The fourth-order valence-electron chi connectivity index (χ4n) is 3.38. The van der Waals surface area contributed by atoms with E-state index in [1.165, 1.54) is 45.5 Å². The predicted molar refractivity (Wildman–Crippen MR) is 108 cm³/mol. The number of allylic oxidation sites excluding steroid dienone is 2. The molecule has 0 atom stereocenters. The first kappa shape index (κ1) is 16.5. The Morgan fingerprint density at radius 3 is 1.50 bits per heavy atom. The van der Waals surface area contributed by atoms with Gasteiger partial charge in [-0.1, -0.05) is 60.7 Å². The monoisotopic (exact) mass is 314 g/mol. The number of hydrogen-bond donors (Lipinski definition) is 0. The molecule has 0 aliphatic rings. The molecule has 3 rings (SSSR count). The Labute approximate surface area is 145 Å². The number of benzene rings is 3. The first-order valence-corrected chi connectivity index (χ1v) is 8.98. The maximum absolute atomic E-state index is 3.80. The molecule has 0 fully saturated rings. The summed E-state index contributed by atoms with van der Waals surface area (Å²) in [6, 6.07) is 18.4. The number of rotatable bonds is 8. The highest BCUT2D eigenvalue weighted by Gasteiger charge is 2.03. The molecule has 3 aromatic rings. The van der Waals surface area contributed by atoms with Gasteiger partial charge in [-0.15, -0.1) is 13.2 Å². The van der Waals surface area contributed by atoms with Crippen LogP contribution in [0.4, 0.5) is 0 Å². The van der Waals surface area contributed by atoms with E-state index in [9.17, 15) is 0 Å². The molecule has 0 N–H and O–H groups in total. The minimum Gasteiger partial charge on any atom is -0.103 e. The average Bonchev–Trinajstić information content (AvgIpc) is 2.62. The zero-order chi connectivity index (χ0) is 16.8. The van der Waals surface area contributed by atoms with Crippen molar-refractivity contribution in [3.05, 3.63) is 85.0 Å². The Bertz CT molecular complexity index is 782. The highest BCUT2D eigenvalue weighted by Crippen LogP contribution is 2.28. The van der Waals surface area contributed by atoms with Crippen LogP contribution in [0.25, 0.3) is 21.5 Å². The number of fused-ring (bicyclic) bond motifs is 3. The molecule has 0 heteroatoms. The van der Waals surface area contributed by atoms with Crippen LogP contribution in [0.15, 0.2) is 73.8 Å². The van der Waals surface area contributed by atoms with Crippen molar-refractivity contribution in [2.24, 2.45) is 0 Å². The molecule has 0 spiro atoms. The second-order valence-electron chi connectivity index (χ2n) is 6.54. The largest absolute Gasteiger partial charge is 0.103 e. The molecule has 122 valence electrons. The van der Waals surface area contributed by atoms with Gasteiger partial charge >= 0.3 is 0 Å². The van der Waals surface area contributed by atoms with E-state index in [4.69, 9.17) is 0 Å². The lowest BCUT2D eigenvalue weighted by Gasteiger charge is -2.08. The molecule has 0 radical (unpaired) electrons. The van der Waals surface area contributed by atoms with Crippen LogP contribution in [0.3, 0.4) is 0 Å². The van der Waals surface area contributed by atoms with Crippen LogP contribution < -0.4 is 0 Å². The van der Waals surface area contributed by atoms with Crippen LogP contribution in [0.1, 0.15) is 36.8 Å². The molecular weight excluding hydrogens is 288 g/mol. The summed E-state index contributed by atoms with van der Waals surface area (Å²) in [4.78, 5) is 0. The topological polar surface area (TPSA) is 0 Å². The third-order valence-electron chi connectivity index (χ3n) is 4.71. The third kappa shape index (κ3) is 3.76. The van der Waals surface area contributed by atoms with E-state index >= 15 is 0 Å². The van der Waals surface area contributed by atoms with Gasteiger partial charge in [0.25, 0.3) is 0 Å². The molecule has 0 bridgehead atoms. The summed E-state index contributed by atoms with van der Waals surface area (Å²) >= 11 is 0. The van der Waals surface area contributed by atoms with Crippen LogP contribution in [0, 0.1) is 0 Å². The van der Waals surface area contributed by atoms with Gasteiger partial charge in [0, 0.05) is 0 Å². The zero-order valence-electron chi connectivity index (χ0n) is 14.4. The van der Waals surface area contributed by atoms with E-state index in [-0.39, 0.29) is 0 Å². The summed E-state index contributed by atoms with van der Waals surface area (Å²) in [5.41, 5.74) is 2.84. The molecule has 0 saturated heterocycles. The minimum absolute atomic E-state index is 1.09. The van der Waals surface area contributed by atoms with E-state index in [1.54, 1.807) is 0 Å². The molecule has 0 amide bonds. The second kappa shape index (κ2) is 7.97. The van der Waals surface area contributed by atoms with E-state index in [2.05, 4.69) is 61.7 Å². The summed E-state index contributed by atoms with van der Waals surface area (Å²) < 4.78 is 0. The standard InChI is InChI=1S/C24H26/c1-3-5-7-9-19-11-15-23-21(17-19)13-14-22-18-20(10-8-6-4-2)12-16-24(22)23/h3-4,11-18H,1-2,5-10H2. The van der Waals surface area contributed by atoms with Crippen LogP contribution in [0.2, 0.25) is 0 Å². The molecule has 3 aromatic carbocycles. The lowest BCUT2D eigenvalue weighted by molar-refractivity contribution is 0.845. The Morgan fingerprint density at radius 1 is 0.625 bits per heavy atom. The lowest BCUT2D eigenvalue weighted by Crippen LogP contribution is -1.88. The smallest absolute Gasteiger partial charge is 0.0105 e. The Balaban J connectivity index is 1.89. The normalized spacial score (nSPS) is 11.0. The van der Waals surface area contributed by atoms with Crippen LogP contribution >= 0.6 is 0 Å². The van der Waals surface area contributed by atoms with Crippen molar-refractivity contribution in [1.82, 2.24) is 0 Å². The van der Waals surface area contributed by atoms with E-state index in [0.29, 0.717) is 0 Å². The summed E-state index contributed by atoms with van der Waals surface area (Å²) in [5, 5.41) is 5.41. The van der Waals surface area contributed by atoms with Gasteiger partial charge in [0.15, 0.2) is 0 Å². The predicted octanol–water partition coefficient (Wildman–Crippen LogP) is 7.01. The van der Waals surface area contributed by atoms with Crippen molar-refractivity contribution in [3.8, 4) is 0 Å². The quantitative estimate of drug-likeness (QED) is 0.238. The van der Waals surface area contributed by atoms with Crippen molar-refractivity contribution in [2.75, 3.05) is 0 Å². The van der Waals surface area contributed by atoms with E-state index in [1.807, 2.05) is 12.2 Å². The minimum atomic E-state index is 1.09. The summed E-state index contributed by atoms with van der Waals surface area (Å²) in [6.45, 7) is 7.60. The van der Waals surface area contributed by atoms with Crippen molar-refractivity contribution < 1.29 is 0 Å². The fraction of sp³-hybridized carbons (Fsp3) is 0.250. The summed E-state index contributed by atoms with van der Waals surface area (Å²) in [5.74, 6) is 0. The van der Waals surface area contributed by atoms with Gasteiger partial charge in [-0.25, -0.2) is 0 Å². The van der Waals surface area contributed by atoms with Crippen molar-refractivity contribution >= 4 is 21.5 Å². The zero-order valence-corrected chi connectivity index (χ0v) is 14.4. The van der Waals surface area contributed by atoms with Crippen molar-refractivity contribution in [1.29, 1.82) is 0 Å². The Kier molecular flexibility index (Phi) is 5.48. The van der Waals surface area contributed by atoms with Gasteiger partial charge in [0.1, 0.15) is 0 Å². The maximum Gasteiger partial charge on any atom is -0.0105 e. The SMILES string of the molecule is C=CCCCc1ccc2c(ccc3cc(CCCC=C)ccc32)c1. The van der Waals surface area contributed by atoms with Gasteiger partial charge in [0.05, 0.1) is 0 Å². The molecule has 0 nitrogen and oxygen atoms in total. The van der Waals surface area contributed by atoms with Gasteiger partial charge in [-0.2, -0.15) is 0 Å².